The second-order valence-corrected chi connectivity index (χ2v) is 18.8. The molecular formula is C54H104O6. The lowest BCUT2D eigenvalue weighted by atomic mass is 9.99. The number of rotatable bonds is 49. The van der Waals surface area contributed by atoms with Crippen LogP contribution in [0, 0.1) is 5.92 Å². The summed E-state index contributed by atoms with van der Waals surface area (Å²) in [6.45, 7) is 9.06. The Morgan fingerprint density at radius 2 is 0.583 bits per heavy atom. The monoisotopic (exact) mass is 849 g/mol. The van der Waals surface area contributed by atoms with Crippen LogP contribution in [-0.2, 0) is 28.6 Å². The molecule has 0 aromatic rings. The van der Waals surface area contributed by atoms with Crippen molar-refractivity contribution in [1.29, 1.82) is 0 Å². The van der Waals surface area contributed by atoms with Crippen LogP contribution in [0.2, 0.25) is 0 Å². The van der Waals surface area contributed by atoms with Crippen molar-refractivity contribution in [2.75, 3.05) is 13.2 Å². The van der Waals surface area contributed by atoms with Gasteiger partial charge in [-0.05, 0) is 25.2 Å². The van der Waals surface area contributed by atoms with Gasteiger partial charge in [-0.25, -0.2) is 0 Å². The Morgan fingerprint density at radius 3 is 0.867 bits per heavy atom. The molecule has 0 saturated carbocycles. The van der Waals surface area contributed by atoms with Gasteiger partial charge in [-0.2, -0.15) is 0 Å². The molecule has 0 spiro atoms. The minimum absolute atomic E-state index is 0.0624. The highest BCUT2D eigenvalue weighted by atomic mass is 16.6. The molecular weight excluding hydrogens is 745 g/mol. The number of esters is 3. The standard InChI is InChI=1S/C54H104O6/c1-5-8-10-12-14-16-18-20-22-24-29-33-37-41-45-52(55)58-48-51(60-54(57)47-43-39-35-31-25-23-21-19-17-15-13-11-9-6-2)49-59-53(56)46-42-38-34-30-27-26-28-32-36-40-44-50(4)7-3/h50-51H,5-49H2,1-4H3/t50?,51-/m1/s1. The predicted octanol–water partition coefficient (Wildman–Crippen LogP) is 17.5. The highest BCUT2D eigenvalue weighted by Crippen LogP contribution is 2.18. The molecule has 0 amide bonds. The number of carbonyl (C=O) groups is 3. The summed E-state index contributed by atoms with van der Waals surface area (Å²) in [6.07, 6.45) is 50.7. The van der Waals surface area contributed by atoms with Crippen molar-refractivity contribution in [3.63, 3.8) is 0 Å². The summed E-state index contributed by atoms with van der Waals surface area (Å²) in [5.74, 6) is 0.0287. The molecule has 0 aliphatic rings. The Kier molecular flexibility index (Phi) is 47.2. The Balaban J connectivity index is 4.32. The zero-order valence-electron chi connectivity index (χ0n) is 40.9. The smallest absolute Gasteiger partial charge is 0.306 e. The molecule has 0 heterocycles. The lowest BCUT2D eigenvalue weighted by Gasteiger charge is -2.18. The Bertz CT molecular complexity index is 905. The van der Waals surface area contributed by atoms with Crippen molar-refractivity contribution in [3.05, 3.63) is 0 Å². The molecule has 0 aromatic heterocycles. The molecule has 0 fully saturated rings. The third-order valence-corrected chi connectivity index (χ3v) is 12.7. The van der Waals surface area contributed by atoms with Crippen LogP contribution in [0.5, 0.6) is 0 Å². The first kappa shape index (κ1) is 58.4. The maximum Gasteiger partial charge on any atom is 0.306 e. The van der Waals surface area contributed by atoms with Crippen LogP contribution in [0.4, 0.5) is 0 Å². The summed E-state index contributed by atoms with van der Waals surface area (Å²) >= 11 is 0. The Labute approximate surface area is 374 Å². The highest BCUT2D eigenvalue weighted by Gasteiger charge is 2.19. The van der Waals surface area contributed by atoms with E-state index in [1.807, 2.05) is 0 Å². The summed E-state index contributed by atoms with van der Waals surface area (Å²) in [6, 6.07) is 0. The van der Waals surface area contributed by atoms with Gasteiger partial charge < -0.3 is 14.2 Å². The maximum absolute atomic E-state index is 12.8. The lowest BCUT2D eigenvalue weighted by Crippen LogP contribution is -2.30. The van der Waals surface area contributed by atoms with Crippen LogP contribution in [-0.4, -0.2) is 37.2 Å². The second-order valence-electron chi connectivity index (χ2n) is 18.8. The summed E-state index contributed by atoms with van der Waals surface area (Å²) in [5, 5.41) is 0. The van der Waals surface area contributed by atoms with Crippen molar-refractivity contribution in [2.45, 2.75) is 310 Å². The van der Waals surface area contributed by atoms with Gasteiger partial charge in [0.2, 0.25) is 0 Å². The van der Waals surface area contributed by atoms with Crippen LogP contribution in [0.1, 0.15) is 304 Å². The van der Waals surface area contributed by atoms with Gasteiger partial charge in [-0.15, -0.1) is 0 Å². The van der Waals surface area contributed by atoms with E-state index in [0.29, 0.717) is 19.3 Å². The minimum atomic E-state index is -0.761. The first-order chi connectivity index (χ1) is 29.4. The van der Waals surface area contributed by atoms with Gasteiger partial charge in [-0.1, -0.05) is 265 Å². The first-order valence-electron chi connectivity index (χ1n) is 26.9. The Hall–Kier alpha value is -1.59. The van der Waals surface area contributed by atoms with Gasteiger partial charge in [0, 0.05) is 19.3 Å². The molecule has 6 nitrogen and oxygen atoms in total. The molecule has 0 saturated heterocycles. The number of ether oxygens (including phenoxy) is 3. The van der Waals surface area contributed by atoms with E-state index in [2.05, 4.69) is 27.7 Å². The highest BCUT2D eigenvalue weighted by molar-refractivity contribution is 5.71. The Morgan fingerprint density at radius 1 is 0.333 bits per heavy atom. The van der Waals surface area contributed by atoms with Crippen LogP contribution < -0.4 is 0 Å². The average molecular weight is 849 g/mol. The third kappa shape index (κ3) is 45.9. The molecule has 0 aliphatic carbocycles. The van der Waals surface area contributed by atoms with Gasteiger partial charge in [0.05, 0.1) is 0 Å². The van der Waals surface area contributed by atoms with Crippen LogP contribution >= 0.6 is 0 Å². The van der Waals surface area contributed by atoms with Gasteiger partial charge in [-0.3, -0.25) is 14.4 Å². The van der Waals surface area contributed by atoms with Gasteiger partial charge in [0.25, 0.3) is 0 Å². The van der Waals surface area contributed by atoms with Gasteiger partial charge >= 0.3 is 17.9 Å². The SMILES string of the molecule is CCCCCCCCCCCCCCCCC(=O)OC[C@H](COC(=O)CCCCCCCCCCCCC(C)CC)OC(=O)CCCCCCCCCCCCCCCC. The molecule has 0 rings (SSSR count). The molecule has 356 valence electrons. The number of hydrogen-bond donors (Lipinski definition) is 0. The van der Waals surface area contributed by atoms with Crippen molar-refractivity contribution >= 4 is 17.9 Å². The fourth-order valence-corrected chi connectivity index (χ4v) is 8.19. The van der Waals surface area contributed by atoms with Crippen LogP contribution in [0.25, 0.3) is 0 Å². The van der Waals surface area contributed by atoms with E-state index in [0.717, 1.165) is 63.7 Å². The topological polar surface area (TPSA) is 78.9 Å². The van der Waals surface area contributed by atoms with Crippen molar-refractivity contribution in [2.24, 2.45) is 5.92 Å². The van der Waals surface area contributed by atoms with E-state index in [-0.39, 0.29) is 31.1 Å². The number of unbranched alkanes of at least 4 members (excludes halogenated alkanes) is 35. The summed E-state index contributed by atoms with van der Waals surface area (Å²) in [4.78, 5) is 38.0. The molecule has 1 unspecified atom stereocenters. The van der Waals surface area contributed by atoms with Crippen molar-refractivity contribution in [3.8, 4) is 0 Å². The van der Waals surface area contributed by atoms with E-state index in [4.69, 9.17) is 14.2 Å². The molecule has 0 aromatic carbocycles. The minimum Gasteiger partial charge on any atom is -0.462 e. The zero-order chi connectivity index (χ0) is 43.8. The van der Waals surface area contributed by atoms with E-state index >= 15 is 0 Å². The number of hydrogen-bond acceptors (Lipinski definition) is 6. The third-order valence-electron chi connectivity index (χ3n) is 12.7. The predicted molar refractivity (Wildman–Crippen MR) is 257 cm³/mol. The molecule has 0 radical (unpaired) electrons. The summed E-state index contributed by atoms with van der Waals surface area (Å²) in [7, 11) is 0. The van der Waals surface area contributed by atoms with Crippen LogP contribution in [0.3, 0.4) is 0 Å². The van der Waals surface area contributed by atoms with Crippen molar-refractivity contribution < 1.29 is 28.6 Å². The van der Waals surface area contributed by atoms with E-state index < -0.39 is 6.10 Å². The molecule has 0 aliphatic heterocycles. The summed E-state index contributed by atoms with van der Waals surface area (Å²) in [5.41, 5.74) is 0. The van der Waals surface area contributed by atoms with Gasteiger partial charge in [0.15, 0.2) is 6.10 Å². The molecule has 60 heavy (non-hydrogen) atoms. The number of carbonyl (C=O) groups excluding carboxylic acids is 3. The lowest BCUT2D eigenvalue weighted by molar-refractivity contribution is -0.167. The fourth-order valence-electron chi connectivity index (χ4n) is 8.19. The maximum atomic E-state index is 12.8. The van der Waals surface area contributed by atoms with Crippen LogP contribution in [0.15, 0.2) is 0 Å². The zero-order valence-corrected chi connectivity index (χ0v) is 40.9. The quantitative estimate of drug-likeness (QED) is 0.0345. The van der Waals surface area contributed by atoms with Crippen molar-refractivity contribution in [1.82, 2.24) is 0 Å². The normalized spacial score (nSPS) is 12.4. The average Bonchev–Trinajstić information content (AvgIpc) is 3.25. The van der Waals surface area contributed by atoms with E-state index in [9.17, 15) is 14.4 Å². The van der Waals surface area contributed by atoms with E-state index in [1.165, 1.54) is 199 Å². The van der Waals surface area contributed by atoms with E-state index in [1.54, 1.807) is 0 Å². The largest absolute Gasteiger partial charge is 0.462 e. The molecule has 0 N–H and O–H groups in total. The first-order valence-corrected chi connectivity index (χ1v) is 26.9. The summed E-state index contributed by atoms with van der Waals surface area (Å²) < 4.78 is 16.8. The fraction of sp³-hybridized carbons (Fsp3) is 0.944. The molecule has 2 atom stereocenters. The van der Waals surface area contributed by atoms with Gasteiger partial charge in [0.1, 0.15) is 13.2 Å². The molecule has 6 heteroatoms. The molecule has 0 bridgehead atoms. The second kappa shape index (κ2) is 48.4.